The van der Waals surface area contributed by atoms with Gasteiger partial charge >= 0.3 is 35.9 Å². The van der Waals surface area contributed by atoms with Crippen molar-refractivity contribution in [1.29, 1.82) is 0 Å². The molecule has 43 heteroatoms. The van der Waals surface area contributed by atoms with Crippen molar-refractivity contribution in [2.45, 2.75) is 254 Å². The van der Waals surface area contributed by atoms with E-state index in [0.717, 1.165) is 106 Å². The van der Waals surface area contributed by atoms with Crippen LogP contribution < -0.4 is 26.8 Å². The van der Waals surface area contributed by atoms with Crippen LogP contribution in [0.3, 0.4) is 0 Å². The molecule has 37 nitrogen and oxygen atoms in total. The fourth-order valence-electron chi connectivity index (χ4n) is 15.0. The van der Waals surface area contributed by atoms with E-state index in [2.05, 4.69) is 73.9 Å². The standard InChI is InChI=1S/C37H48Cl3N5O7.C26H35N3O5.C16H12N2O7.C15H24Cl3N3O5/c1-22(2)28-12-11-26-10-9-25(20-30(26)42-28)13-16-36(17-14-27(15-18-36)44-50-6)35(49)52-31(23(3)4)32(46)41-24(5)33(47)45-19-7-8-29(43-45)34(48)51-21-37(38,39)40;1-18(27-24(31)34-25(2,3)4)22-9-8-20-7-6-19(16-23(20)28-22)10-13-26(33-17-30)14-11-21(12-15-26)29-32-5;1-9-5-3-7-11(17(21)22)13(9)15(19)25-16(20)14-10(2)6-4-8-12(14)18(23)24;1-8(2)11(22)12(23)19-9(3)13(24)21-6-4-5-10(20-21)14(25)26-7-15(16,17)18/h9-13,16,20,22-24,29,31,43H,7-8,14-15,17-19,21H2,1-6H3,(H,41,46);6-9,16-18H,10-15H2,1-5H3,(H,27,31);3-8H,1-2H3;8-11,20,22H,4-7H2,1-3H3,(H,19,23)/b16-13+,44-27?;;;/t24-,29?,31-,36?;18-,26?;;9-,10-,11-/m01.0/s1. The number of halogens is 6. The highest BCUT2D eigenvalue weighted by atomic mass is 35.6. The highest BCUT2D eigenvalue weighted by Crippen LogP contribution is 2.41. The number of fused-ring (bicyclic) bond motifs is 2. The lowest BCUT2D eigenvalue weighted by molar-refractivity contribution is -0.385. The molecule has 2 saturated heterocycles. The largest absolute Gasteiger partial charge is 0.461 e. The summed E-state index contributed by atoms with van der Waals surface area (Å²) in [6, 6.07) is 24.3. The van der Waals surface area contributed by atoms with Crippen molar-refractivity contribution in [3.63, 3.8) is 0 Å². The van der Waals surface area contributed by atoms with E-state index in [4.69, 9.17) is 113 Å². The number of nitro groups is 2. The van der Waals surface area contributed by atoms with E-state index in [9.17, 15) is 78.1 Å². The van der Waals surface area contributed by atoms with Crippen LogP contribution in [0.5, 0.6) is 0 Å². The molecule has 7 atom stereocenters. The second-order valence-electron chi connectivity index (χ2n) is 35.5. The van der Waals surface area contributed by atoms with Gasteiger partial charge in [-0.15, -0.1) is 0 Å². The van der Waals surface area contributed by atoms with Gasteiger partial charge in [0.15, 0.2) is 6.10 Å². The van der Waals surface area contributed by atoms with Crippen LogP contribution in [0.25, 0.3) is 27.9 Å². The van der Waals surface area contributed by atoms with Gasteiger partial charge < -0.3 is 59.2 Å². The predicted octanol–water partition coefficient (Wildman–Crippen LogP) is 15.7. The first-order valence-electron chi connectivity index (χ1n) is 44.4. The van der Waals surface area contributed by atoms with Gasteiger partial charge in [0, 0.05) is 41.7 Å². The molecule has 1 unspecified atom stereocenters. The summed E-state index contributed by atoms with van der Waals surface area (Å²) >= 11 is 33.7. The lowest BCUT2D eigenvalue weighted by atomic mass is 9.73. The molecule has 746 valence electrons. The first-order chi connectivity index (χ1) is 64.3. The number of hydrogen-bond acceptors (Lipinski definition) is 30. The van der Waals surface area contributed by atoms with Crippen molar-refractivity contribution in [2.75, 3.05) is 40.5 Å². The summed E-state index contributed by atoms with van der Waals surface area (Å²) in [6.07, 6.45) is 9.13. The van der Waals surface area contributed by atoms with Crippen LogP contribution in [-0.4, -0.2) is 208 Å². The van der Waals surface area contributed by atoms with Gasteiger partial charge in [-0.3, -0.25) is 78.6 Å². The average molecular weight is 2030 g/mol. The number of ether oxygens (including phenoxy) is 6. The molecule has 4 heterocycles. The van der Waals surface area contributed by atoms with E-state index in [0.29, 0.717) is 70.9 Å². The molecular weight excluding hydrogens is 1910 g/mol. The summed E-state index contributed by atoms with van der Waals surface area (Å²) < 4.78 is 28.1. The van der Waals surface area contributed by atoms with E-state index in [-0.39, 0.29) is 40.1 Å². The third-order valence-corrected chi connectivity index (χ3v) is 23.2. The van der Waals surface area contributed by atoms with Crippen molar-refractivity contribution < 1.29 is 106 Å². The molecule has 4 aromatic carbocycles. The molecule has 0 radical (unpaired) electrons. The van der Waals surface area contributed by atoms with Gasteiger partial charge in [-0.05, 0) is 210 Å². The number of aliphatic hydroxyl groups excluding tert-OH is 1. The average Bonchev–Trinajstić information content (AvgIpc) is 0.788. The number of aliphatic hydroxyl groups is 1. The Balaban J connectivity index is 0.000000262. The molecular formula is C94H119Cl6N13O24. The van der Waals surface area contributed by atoms with Crippen molar-refractivity contribution in [2.24, 2.45) is 27.6 Å². The van der Waals surface area contributed by atoms with Gasteiger partial charge in [0.2, 0.25) is 13.5 Å². The molecule has 10 rings (SSSR count). The third-order valence-electron chi connectivity index (χ3n) is 22.5. The maximum atomic E-state index is 14.1. The number of carbonyl (C=O) groups excluding carboxylic acids is 11. The molecule has 2 aliphatic carbocycles. The second-order valence-corrected chi connectivity index (χ2v) is 40.5. The molecule has 137 heavy (non-hydrogen) atoms. The molecule has 0 bridgehead atoms. The monoisotopic (exact) mass is 2020 g/mol. The van der Waals surface area contributed by atoms with Gasteiger partial charge in [-0.1, -0.05) is 194 Å². The molecule has 4 aliphatic rings. The van der Waals surface area contributed by atoms with Crippen molar-refractivity contribution in [3.8, 4) is 0 Å². The number of alkyl carbamates (subject to hydrolysis) is 1. The molecule has 5 amide bonds. The zero-order chi connectivity index (χ0) is 102. The zero-order valence-electron chi connectivity index (χ0n) is 79.2. The quantitative estimate of drug-likeness (QED) is 0.00464. The fourth-order valence-corrected chi connectivity index (χ4v) is 15.3. The van der Waals surface area contributed by atoms with E-state index < -0.39 is 160 Å². The van der Waals surface area contributed by atoms with Gasteiger partial charge in [0.25, 0.3) is 35.6 Å². The summed E-state index contributed by atoms with van der Waals surface area (Å²) in [5.74, 6) is -6.90. The Kier molecular flexibility index (Phi) is 42.5. The van der Waals surface area contributed by atoms with Crippen LogP contribution in [-0.2, 0) is 82.9 Å². The van der Waals surface area contributed by atoms with Crippen LogP contribution in [0.15, 0.2) is 113 Å². The van der Waals surface area contributed by atoms with Crippen molar-refractivity contribution in [3.05, 3.63) is 168 Å². The fraction of sp³-hybridized carbons (Fsp3) is 0.521. The van der Waals surface area contributed by atoms with Crippen LogP contribution in [0.1, 0.15) is 233 Å². The Morgan fingerprint density at radius 1 is 0.613 bits per heavy atom. The maximum absolute atomic E-state index is 14.1. The first-order valence-corrected chi connectivity index (χ1v) is 46.7. The molecule has 6 aromatic rings. The summed E-state index contributed by atoms with van der Waals surface area (Å²) in [6.45, 7) is 24.8. The number of amides is 5. The minimum Gasteiger partial charge on any atom is -0.461 e. The topological polar surface area (TPSA) is 485 Å². The third kappa shape index (κ3) is 34.5. The number of rotatable bonds is 30. The lowest BCUT2D eigenvalue weighted by Gasteiger charge is -2.36. The number of pyridine rings is 2. The second kappa shape index (κ2) is 51.6. The molecule has 6 N–H and O–H groups in total. The Bertz CT molecular complexity index is 5320. The summed E-state index contributed by atoms with van der Waals surface area (Å²) in [4.78, 5) is 178. The van der Waals surface area contributed by atoms with Crippen molar-refractivity contribution in [1.82, 2.24) is 46.8 Å². The molecule has 4 fully saturated rings. The van der Waals surface area contributed by atoms with E-state index in [1.54, 1.807) is 34.8 Å². The van der Waals surface area contributed by atoms with Crippen LogP contribution in [0.4, 0.5) is 16.2 Å². The number of nitrogens with one attached hydrogen (secondary N) is 5. The van der Waals surface area contributed by atoms with Gasteiger partial charge in [0.1, 0.15) is 80.0 Å². The number of hydrazine groups is 2. The van der Waals surface area contributed by atoms with Crippen LogP contribution in [0, 0.1) is 51.3 Å². The van der Waals surface area contributed by atoms with Crippen LogP contribution in [0.2, 0.25) is 0 Å². The molecule has 2 saturated carbocycles. The minimum atomic E-state index is -1.77. The SMILES string of the molecule is CC(C)[C@H](O)C(=O)N[C@@H](C)C(=O)N1CCC[C@@H](C(=O)OCC(Cl)(Cl)Cl)N1.CON=C1CCC(/C=C/c2ccc3ccc(C(C)C)nc3c2)(C(=O)O[C@H](C(=O)N[C@@H](C)C(=O)N2CCCC(C(=O)OCC(Cl)(Cl)Cl)N2)C(C)C)CC1.CON=C1CCC(CCc2ccc3ccc([C@@H](C)NC(=O)OC(C)(C)C)nc3c2)(OC=O)CC1.Cc1cccc([N+](=O)[O-])c1C(=O)OC(=O)c1c(C)cccc1[N+](=O)[O-]. The van der Waals surface area contributed by atoms with Gasteiger partial charge in [-0.25, -0.2) is 25.2 Å². The number of aromatic nitrogens is 2. The number of carbonyl (C=O) groups is 11. The minimum absolute atomic E-state index is 0.242. The summed E-state index contributed by atoms with van der Waals surface area (Å²) in [5, 5.41) is 52.5. The maximum Gasteiger partial charge on any atom is 0.408 e. The highest BCUT2D eigenvalue weighted by Gasteiger charge is 2.45. The number of benzene rings is 4. The Labute approximate surface area is 824 Å². The molecule has 2 aromatic heterocycles. The number of hydrogen-bond donors (Lipinski definition) is 6. The number of esters is 5. The first kappa shape index (κ1) is 113. The molecule has 2 aliphatic heterocycles. The Morgan fingerprint density at radius 2 is 1.07 bits per heavy atom. The van der Waals surface area contributed by atoms with E-state index in [1.165, 1.54) is 69.1 Å². The van der Waals surface area contributed by atoms with Crippen LogP contribution >= 0.6 is 69.6 Å². The zero-order valence-corrected chi connectivity index (χ0v) is 83.7. The van der Waals surface area contributed by atoms with Gasteiger partial charge in [0.05, 0.1) is 49.5 Å². The smallest absolute Gasteiger partial charge is 0.408 e. The number of aryl methyl sites for hydroxylation is 3. The summed E-state index contributed by atoms with van der Waals surface area (Å²) in [7, 11) is 3.03. The summed E-state index contributed by atoms with van der Waals surface area (Å²) in [5.41, 5.74) is 9.53. The number of nitrogens with zero attached hydrogens (tertiary/aromatic N) is 8. The van der Waals surface area contributed by atoms with Crippen molar-refractivity contribution >= 4 is 186 Å². The highest BCUT2D eigenvalue weighted by molar-refractivity contribution is 6.68. The normalized spacial score (nSPS) is 18.4. The number of alkyl halides is 6. The lowest BCUT2D eigenvalue weighted by Crippen LogP contribution is -2.60. The number of oxime groups is 2. The Hall–Kier alpha value is -11.0. The predicted molar refractivity (Wildman–Crippen MR) is 515 cm³/mol. The van der Waals surface area contributed by atoms with Gasteiger partial charge in [-0.2, -0.15) is 0 Å². The Morgan fingerprint density at radius 3 is 1.53 bits per heavy atom. The number of nitro benzene ring substituents is 2. The molecule has 0 spiro atoms. The van der Waals surface area contributed by atoms with E-state index in [1.807, 2.05) is 82.3 Å². The van der Waals surface area contributed by atoms with E-state index >= 15 is 0 Å².